The average Bonchev–Trinajstić information content (AvgIpc) is 2.55. The zero-order valence-corrected chi connectivity index (χ0v) is 18.4. The summed E-state index contributed by atoms with van der Waals surface area (Å²) in [4.78, 5) is 12.8. The fraction of sp³-hybridized carbons (Fsp3) is 0.955. The maximum Gasteiger partial charge on any atom is 0.175 e. The van der Waals surface area contributed by atoms with Crippen molar-refractivity contribution in [2.24, 2.45) is 40.4 Å². The van der Waals surface area contributed by atoms with Gasteiger partial charge in [0.05, 0.1) is 5.33 Å². The van der Waals surface area contributed by atoms with E-state index in [9.17, 15) is 9.90 Å². The predicted molar refractivity (Wildman–Crippen MR) is 107 cm³/mol. The fourth-order valence-corrected chi connectivity index (χ4v) is 7.69. The van der Waals surface area contributed by atoms with Gasteiger partial charge in [0.15, 0.2) is 5.78 Å². The highest BCUT2D eigenvalue weighted by Gasteiger charge is 2.61. The fourth-order valence-electron chi connectivity index (χ4n) is 7.22. The van der Waals surface area contributed by atoms with E-state index in [1.807, 2.05) is 0 Å². The minimum atomic E-state index is -1.15. The summed E-state index contributed by atoms with van der Waals surface area (Å²) in [6, 6.07) is 0. The van der Waals surface area contributed by atoms with Gasteiger partial charge in [0.1, 0.15) is 5.60 Å². The molecule has 0 aromatic rings. The normalized spacial score (nSPS) is 49.6. The summed E-state index contributed by atoms with van der Waals surface area (Å²) in [6.45, 7) is 12.0. The quantitative estimate of drug-likeness (QED) is 0.598. The van der Waals surface area contributed by atoms with Crippen molar-refractivity contribution in [3.63, 3.8) is 0 Å². The van der Waals surface area contributed by atoms with Crippen molar-refractivity contribution in [1.29, 1.82) is 0 Å². The van der Waals surface area contributed by atoms with Crippen LogP contribution < -0.4 is 0 Å². The zero-order valence-electron chi connectivity index (χ0n) is 16.8. The number of aliphatic hydroxyl groups is 1. The van der Waals surface area contributed by atoms with Crippen LogP contribution >= 0.6 is 15.9 Å². The van der Waals surface area contributed by atoms with E-state index in [1.54, 1.807) is 0 Å². The molecule has 3 saturated carbocycles. The van der Waals surface area contributed by atoms with E-state index in [0.717, 1.165) is 31.1 Å². The highest BCUT2D eigenvalue weighted by Crippen LogP contribution is 2.62. The van der Waals surface area contributed by atoms with Crippen LogP contribution in [0.1, 0.15) is 79.6 Å². The van der Waals surface area contributed by atoms with Gasteiger partial charge in [-0.15, -0.1) is 0 Å². The van der Waals surface area contributed by atoms with E-state index >= 15 is 0 Å². The summed E-state index contributed by atoms with van der Waals surface area (Å²) < 4.78 is 0. The minimum absolute atomic E-state index is 0.00458. The van der Waals surface area contributed by atoms with Crippen molar-refractivity contribution < 1.29 is 9.90 Å². The predicted octanol–water partition coefficient (Wildman–Crippen LogP) is 5.61. The Bertz CT molecular complexity index is 530. The third kappa shape index (κ3) is 2.87. The van der Waals surface area contributed by atoms with E-state index in [1.165, 1.54) is 19.3 Å². The molecule has 3 aliphatic carbocycles. The highest BCUT2D eigenvalue weighted by molar-refractivity contribution is 9.09. The second-order valence-corrected chi connectivity index (χ2v) is 11.0. The Balaban J connectivity index is 2.03. The van der Waals surface area contributed by atoms with Gasteiger partial charge in [-0.05, 0) is 73.5 Å². The molecule has 0 aromatic carbocycles. The van der Waals surface area contributed by atoms with Crippen LogP contribution in [0.5, 0.6) is 0 Å². The van der Waals surface area contributed by atoms with Gasteiger partial charge in [0.25, 0.3) is 0 Å². The van der Waals surface area contributed by atoms with E-state index in [4.69, 9.17) is 0 Å². The van der Waals surface area contributed by atoms with Crippen molar-refractivity contribution in [3.8, 4) is 0 Å². The number of halogens is 1. The monoisotopic (exact) mass is 412 g/mol. The molecule has 2 bridgehead atoms. The molecule has 0 heterocycles. The number of ketones is 1. The molecule has 25 heavy (non-hydrogen) atoms. The molecule has 0 aromatic heterocycles. The number of carbonyl (C=O) groups excluding carboxylic acids is 1. The third-order valence-corrected chi connectivity index (χ3v) is 9.68. The van der Waals surface area contributed by atoms with Crippen LogP contribution in [-0.4, -0.2) is 21.8 Å². The van der Waals surface area contributed by atoms with Gasteiger partial charge in [-0.25, -0.2) is 0 Å². The maximum atomic E-state index is 12.8. The number of rotatable bonds is 2. The van der Waals surface area contributed by atoms with Gasteiger partial charge in [0.2, 0.25) is 0 Å². The van der Waals surface area contributed by atoms with Crippen LogP contribution in [0.3, 0.4) is 0 Å². The Morgan fingerprint density at radius 2 is 1.64 bits per heavy atom. The lowest BCUT2D eigenvalue weighted by atomic mass is 9.45. The Morgan fingerprint density at radius 1 is 1.00 bits per heavy atom. The number of hydrogen-bond acceptors (Lipinski definition) is 2. The number of hydrogen-bond donors (Lipinski definition) is 1. The Hall–Kier alpha value is 0.110. The first-order valence-electron chi connectivity index (χ1n) is 10.4. The SMILES string of the molecule is C[C@@H]1CCC(O)(C(=O)CBr)[C@@]2(C)CC[C@H]3[C@H](C)CC[C@@H](C[C@H]12)C3(C)C. The van der Waals surface area contributed by atoms with Crippen molar-refractivity contribution in [3.05, 3.63) is 0 Å². The number of Topliss-reactive ketones (excluding diaryl/α,β-unsaturated/α-hetero) is 1. The molecule has 3 heteroatoms. The van der Waals surface area contributed by atoms with Gasteiger partial charge in [-0.3, -0.25) is 4.79 Å². The zero-order chi connectivity index (χ0) is 18.6. The van der Waals surface area contributed by atoms with E-state index in [2.05, 4.69) is 50.5 Å². The first-order valence-corrected chi connectivity index (χ1v) is 11.5. The summed E-state index contributed by atoms with van der Waals surface area (Å²) in [6.07, 6.45) is 7.61. The molecule has 1 unspecified atom stereocenters. The Labute approximate surface area is 162 Å². The third-order valence-electron chi connectivity index (χ3n) is 9.17. The lowest BCUT2D eigenvalue weighted by Gasteiger charge is -2.60. The van der Waals surface area contributed by atoms with Crippen LogP contribution in [-0.2, 0) is 4.79 Å². The highest BCUT2D eigenvalue weighted by atomic mass is 79.9. The second-order valence-electron chi connectivity index (χ2n) is 10.4. The summed E-state index contributed by atoms with van der Waals surface area (Å²) in [7, 11) is 0. The van der Waals surface area contributed by atoms with Gasteiger partial charge < -0.3 is 5.11 Å². The van der Waals surface area contributed by atoms with Crippen LogP contribution in [0, 0.1) is 40.4 Å². The molecule has 2 nitrogen and oxygen atoms in total. The molecule has 3 fully saturated rings. The van der Waals surface area contributed by atoms with Crippen LogP contribution in [0.4, 0.5) is 0 Å². The summed E-state index contributed by atoms with van der Waals surface area (Å²) in [5, 5.41) is 11.9. The van der Waals surface area contributed by atoms with Gasteiger partial charge in [-0.1, -0.05) is 57.0 Å². The van der Waals surface area contributed by atoms with Crippen LogP contribution in [0.2, 0.25) is 0 Å². The summed E-state index contributed by atoms with van der Waals surface area (Å²) >= 11 is 3.34. The van der Waals surface area contributed by atoms with Crippen molar-refractivity contribution in [1.82, 2.24) is 0 Å². The summed E-state index contributed by atoms with van der Waals surface area (Å²) in [5.74, 6) is 3.25. The van der Waals surface area contributed by atoms with Crippen molar-refractivity contribution in [2.75, 3.05) is 5.33 Å². The minimum Gasteiger partial charge on any atom is -0.381 e. The first kappa shape index (κ1) is 19.9. The lowest BCUT2D eigenvalue weighted by molar-refractivity contribution is -0.187. The van der Waals surface area contributed by atoms with E-state index < -0.39 is 5.60 Å². The Kier molecular flexibility index (Phi) is 5.26. The van der Waals surface area contributed by atoms with Crippen LogP contribution in [0.25, 0.3) is 0 Å². The molecular weight excluding hydrogens is 376 g/mol. The molecule has 0 saturated heterocycles. The van der Waals surface area contributed by atoms with Crippen LogP contribution in [0.15, 0.2) is 0 Å². The molecule has 0 radical (unpaired) electrons. The molecule has 0 aliphatic heterocycles. The van der Waals surface area contributed by atoms with Gasteiger partial charge in [0, 0.05) is 5.41 Å². The number of carbonyl (C=O) groups is 1. The van der Waals surface area contributed by atoms with E-state index in [0.29, 0.717) is 29.6 Å². The molecular formula is C22H37BrO2. The summed E-state index contributed by atoms with van der Waals surface area (Å²) in [5.41, 5.74) is -1.04. The smallest absolute Gasteiger partial charge is 0.175 e. The maximum absolute atomic E-state index is 12.8. The van der Waals surface area contributed by atoms with E-state index in [-0.39, 0.29) is 16.5 Å². The molecule has 7 atom stereocenters. The molecule has 0 amide bonds. The molecule has 1 N–H and O–H groups in total. The Morgan fingerprint density at radius 3 is 2.28 bits per heavy atom. The topological polar surface area (TPSA) is 37.3 Å². The van der Waals surface area contributed by atoms with Gasteiger partial charge >= 0.3 is 0 Å². The second kappa shape index (κ2) is 6.62. The molecule has 144 valence electrons. The number of alkyl halides is 1. The number of fused-ring (bicyclic) bond motifs is 3. The largest absolute Gasteiger partial charge is 0.381 e. The van der Waals surface area contributed by atoms with Crippen molar-refractivity contribution in [2.45, 2.75) is 85.2 Å². The van der Waals surface area contributed by atoms with Gasteiger partial charge in [-0.2, -0.15) is 0 Å². The molecule has 3 aliphatic rings. The standard InChI is InChI=1S/C22H37BrO2/c1-14-6-7-16-12-18-15(2)8-11-22(25,19(24)13-23)21(18,5)10-9-17(14)20(16,3)4/h14-18,25H,6-13H2,1-5H3/t14-,15-,16+,17+,18-,21+,22?/m1/s1. The lowest BCUT2D eigenvalue weighted by Crippen LogP contribution is -2.62. The first-order chi connectivity index (χ1) is 11.6. The van der Waals surface area contributed by atoms with Crippen molar-refractivity contribution >= 4 is 21.7 Å². The average molecular weight is 413 g/mol. The molecule has 0 spiro atoms. The molecule has 3 rings (SSSR count).